The Balaban J connectivity index is 1.76. The molecule has 1 aromatic carbocycles. The topological polar surface area (TPSA) is 48.0 Å². The third kappa shape index (κ3) is 4.63. The highest BCUT2D eigenvalue weighted by Gasteiger charge is 2.26. The van der Waals surface area contributed by atoms with E-state index in [0.717, 1.165) is 39.1 Å². The molecule has 1 aromatic rings. The summed E-state index contributed by atoms with van der Waals surface area (Å²) in [5, 5.41) is 0. The van der Waals surface area contributed by atoms with Crippen molar-refractivity contribution in [1.82, 2.24) is 4.90 Å². The third-order valence-corrected chi connectivity index (χ3v) is 3.76. The normalized spacial score (nSPS) is 17.5. The molecule has 1 heterocycles. The summed E-state index contributed by atoms with van der Waals surface area (Å²) < 4.78 is 16.4. The Morgan fingerprint density at radius 3 is 2.82 bits per heavy atom. The van der Waals surface area contributed by atoms with Crippen LogP contribution in [0, 0.1) is 5.92 Å². The average molecular weight is 307 g/mol. The van der Waals surface area contributed by atoms with Gasteiger partial charge >= 0.3 is 0 Å². The van der Waals surface area contributed by atoms with Gasteiger partial charge in [-0.1, -0.05) is 19.1 Å². The summed E-state index contributed by atoms with van der Waals surface area (Å²) in [5.74, 6) is 1.70. The molecule has 1 fully saturated rings. The van der Waals surface area contributed by atoms with Crippen molar-refractivity contribution in [2.75, 3.05) is 40.0 Å². The lowest BCUT2D eigenvalue weighted by molar-refractivity contribution is -0.132. The monoisotopic (exact) mass is 307 g/mol. The lowest BCUT2D eigenvalue weighted by atomic mass is 10.1. The van der Waals surface area contributed by atoms with E-state index >= 15 is 0 Å². The number of para-hydroxylation sites is 2. The lowest BCUT2D eigenvalue weighted by Crippen LogP contribution is -2.33. The summed E-state index contributed by atoms with van der Waals surface area (Å²) in [4.78, 5) is 14.1. The molecule has 1 amide bonds. The first-order chi connectivity index (χ1) is 10.7. The van der Waals surface area contributed by atoms with Crippen LogP contribution in [-0.4, -0.2) is 50.8 Å². The van der Waals surface area contributed by atoms with Crippen LogP contribution in [0.15, 0.2) is 24.3 Å². The number of nitrogens with zero attached hydrogens (tertiary/aromatic N) is 1. The first-order valence-corrected chi connectivity index (χ1v) is 7.86. The molecule has 1 aliphatic heterocycles. The van der Waals surface area contributed by atoms with Gasteiger partial charge in [0.05, 0.1) is 13.7 Å². The van der Waals surface area contributed by atoms with Crippen LogP contribution >= 0.6 is 0 Å². The van der Waals surface area contributed by atoms with E-state index in [1.807, 2.05) is 23.1 Å². The van der Waals surface area contributed by atoms with Crippen LogP contribution < -0.4 is 9.47 Å². The Morgan fingerprint density at radius 2 is 2.09 bits per heavy atom. The van der Waals surface area contributed by atoms with Crippen molar-refractivity contribution in [2.45, 2.75) is 19.8 Å². The maximum absolute atomic E-state index is 12.2. The van der Waals surface area contributed by atoms with Crippen LogP contribution in [0.25, 0.3) is 0 Å². The van der Waals surface area contributed by atoms with Gasteiger partial charge in [0.25, 0.3) is 5.91 Å². The minimum atomic E-state index is 0.0175. The second-order valence-corrected chi connectivity index (χ2v) is 5.51. The molecule has 1 saturated heterocycles. The van der Waals surface area contributed by atoms with Gasteiger partial charge in [0, 0.05) is 25.6 Å². The number of carbonyl (C=O) groups excluding carboxylic acids is 1. The first kappa shape index (κ1) is 16.6. The van der Waals surface area contributed by atoms with E-state index in [1.165, 1.54) is 0 Å². The zero-order valence-corrected chi connectivity index (χ0v) is 13.4. The maximum Gasteiger partial charge on any atom is 0.260 e. The van der Waals surface area contributed by atoms with Crippen LogP contribution in [0.4, 0.5) is 0 Å². The highest BCUT2D eigenvalue weighted by atomic mass is 16.5. The second kappa shape index (κ2) is 8.63. The highest BCUT2D eigenvalue weighted by molar-refractivity contribution is 5.78. The van der Waals surface area contributed by atoms with Crippen molar-refractivity contribution in [2.24, 2.45) is 5.92 Å². The average Bonchev–Trinajstić information content (AvgIpc) is 3.02. The van der Waals surface area contributed by atoms with Crippen molar-refractivity contribution in [3.05, 3.63) is 24.3 Å². The molecule has 1 aliphatic rings. The van der Waals surface area contributed by atoms with Gasteiger partial charge in [-0.3, -0.25) is 4.79 Å². The summed E-state index contributed by atoms with van der Waals surface area (Å²) in [5.41, 5.74) is 0. The van der Waals surface area contributed by atoms with Gasteiger partial charge in [-0.05, 0) is 25.0 Å². The van der Waals surface area contributed by atoms with E-state index in [-0.39, 0.29) is 12.5 Å². The summed E-state index contributed by atoms with van der Waals surface area (Å²) in [6.45, 7) is 5.22. The molecule has 0 aliphatic carbocycles. The van der Waals surface area contributed by atoms with Gasteiger partial charge in [0.2, 0.25) is 0 Å². The van der Waals surface area contributed by atoms with Gasteiger partial charge < -0.3 is 19.1 Å². The summed E-state index contributed by atoms with van der Waals surface area (Å²) in [7, 11) is 1.59. The molecule has 0 bridgehead atoms. The minimum Gasteiger partial charge on any atom is -0.493 e. The minimum absolute atomic E-state index is 0.0175. The van der Waals surface area contributed by atoms with E-state index in [1.54, 1.807) is 13.2 Å². The summed E-state index contributed by atoms with van der Waals surface area (Å²) >= 11 is 0. The van der Waals surface area contributed by atoms with Gasteiger partial charge in [-0.15, -0.1) is 0 Å². The van der Waals surface area contributed by atoms with Crippen LogP contribution in [0.5, 0.6) is 11.5 Å². The standard InChI is InChI=1S/C17H25NO4/c1-3-10-21-12-14-8-9-18(11-14)17(19)13-22-16-7-5-4-6-15(16)20-2/h4-7,14H,3,8-13H2,1-2H3/t14-/m1/s1. The van der Waals surface area contributed by atoms with Crippen LogP contribution in [0.2, 0.25) is 0 Å². The number of ether oxygens (including phenoxy) is 3. The van der Waals surface area contributed by atoms with Crippen molar-refractivity contribution in [1.29, 1.82) is 0 Å². The quantitative estimate of drug-likeness (QED) is 0.692. The fourth-order valence-corrected chi connectivity index (χ4v) is 2.56. The number of rotatable bonds is 8. The first-order valence-electron chi connectivity index (χ1n) is 7.86. The molecule has 22 heavy (non-hydrogen) atoms. The fraction of sp³-hybridized carbons (Fsp3) is 0.588. The van der Waals surface area contributed by atoms with E-state index in [9.17, 15) is 4.79 Å². The number of amides is 1. The van der Waals surface area contributed by atoms with Crippen LogP contribution in [0.3, 0.4) is 0 Å². The SMILES string of the molecule is CCCOC[C@@H]1CCN(C(=O)COc2ccccc2OC)C1. The molecular formula is C17H25NO4. The number of benzene rings is 1. The van der Waals surface area contributed by atoms with Crippen molar-refractivity contribution >= 4 is 5.91 Å². The molecule has 0 radical (unpaired) electrons. The number of methoxy groups -OCH3 is 1. The van der Waals surface area contributed by atoms with Crippen molar-refractivity contribution in [3.63, 3.8) is 0 Å². The van der Waals surface area contributed by atoms with Gasteiger partial charge in [-0.25, -0.2) is 0 Å². The van der Waals surface area contributed by atoms with Gasteiger partial charge in [0.15, 0.2) is 18.1 Å². The molecular weight excluding hydrogens is 282 g/mol. The second-order valence-electron chi connectivity index (χ2n) is 5.51. The Labute approximate surface area is 132 Å². The molecule has 1 atom stereocenters. The zero-order valence-electron chi connectivity index (χ0n) is 13.4. The zero-order chi connectivity index (χ0) is 15.8. The summed E-state index contributed by atoms with van der Waals surface area (Å²) in [6, 6.07) is 7.35. The van der Waals surface area contributed by atoms with E-state index < -0.39 is 0 Å². The number of carbonyl (C=O) groups is 1. The Morgan fingerprint density at radius 1 is 1.32 bits per heavy atom. The third-order valence-electron chi connectivity index (χ3n) is 3.76. The molecule has 0 saturated carbocycles. The van der Waals surface area contributed by atoms with Gasteiger partial charge in [0.1, 0.15) is 0 Å². The maximum atomic E-state index is 12.2. The highest BCUT2D eigenvalue weighted by Crippen LogP contribution is 2.26. The smallest absolute Gasteiger partial charge is 0.260 e. The fourth-order valence-electron chi connectivity index (χ4n) is 2.56. The summed E-state index contributed by atoms with van der Waals surface area (Å²) in [6.07, 6.45) is 2.03. The lowest BCUT2D eigenvalue weighted by Gasteiger charge is -2.17. The Bertz CT molecular complexity index is 477. The van der Waals surface area contributed by atoms with Crippen molar-refractivity contribution < 1.29 is 19.0 Å². The van der Waals surface area contributed by atoms with E-state index in [0.29, 0.717) is 17.4 Å². The molecule has 0 unspecified atom stereocenters. The largest absolute Gasteiger partial charge is 0.493 e. The molecule has 0 spiro atoms. The number of likely N-dealkylation sites (tertiary alicyclic amines) is 1. The molecule has 5 heteroatoms. The van der Waals surface area contributed by atoms with E-state index in [4.69, 9.17) is 14.2 Å². The van der Waals surface area contributed by atoms with Crippen molar-refractivity contribution in [3.8, 4) is 11.5 Å². The molecule has 0 N–H and O–H groups in total. The van der Waals surface area contributed by atoms with Crippen LogP contribution in [-0.2, 0) is 9.53 Å². The van der Waals surface area contributed by atoms with E-state index in [2.05, 4.69) is 6.92 Å². The molecule has 122 valence electrons. The molecule has 2 rings (SSSR count). The Kier molecular flexibility index (Phi) is 6.52. The predicted molar refractivity (Wildman–Crippen MR) is 84.3 cm³/mol. The van der Waals surface area contributed by atoms with Crippen LogP contribution in [0.1, 0.15) is 19.8 Å². The predicted octanol–water partition coefficient (Wildman–Crippen LogP) is 2.35. The Hall–Kier alpha value is -1.75. The van der Waals surface area contributed by atoms with Gasteiger partial charge in [-0.2, -0.15) is 0 Å². The number of hydrogen-bond acceptors (Lipinski definition) is 4. The molecule has 0 aromatic heterocycles. The molecule has 5 nitrogen and oxygen atoms in total. The number of hydrogen-bond donors (Lipinski definition) is 0.